The zero-order valence-corrected chi connectivity index (χ0v) is 14.9. The van der Waals surface area contributed by atoms with Crippen LogP contribution in [0.15, 0.2) is 0 Å². The number of hydrogen-bond acceptors (Lipinski definition) is 1. The van der Waals surface area contributed by atoms with Crippen molar-refractivity contribution >= 4 is 15.6 Å². The quantitative estimate of drug-likeness (QED) is 0.354. The third-order valence-electron chi connectivity index (χ3n) is 0.364. The molecule has 0 rings (SSSR count). The predicted molar refractivity (Wildman–Crippen MR) is 34.2 cm³/mol. The van der Waals surface area contributed by atoms with Crippen LogP contribution in [0.3, 0.4) is 0 Å². The second-order valence-corrected chi connectivity index (χ2v) is 5.86. The molecule has 0 spiro atoms. The maximum atomic E-state index is 9.94. The summed E-state index contributed by atoms with van der Waals surface area (Å²) in [4.78, 5) is 16.3. The molecule has 8 heteroatoms. The molecule has 0 aromatic carbocycles. The van der Waals surface area contributed by atoms with Crippen LogP contribution in [0.5, 0.6) is 0 Å². The van der Waals surface area contributed by atoms with Gasteiger partial charge in [0.25, 0.3) is 0 Å². The molecule has 0 aliphatic carbocycles. The van der Waals surface area contributed by atoms with Crippen LogP contribution in [0.2, 0.25) is 0 Å². The van der Waals surface area contributed by atoms with E-state index in [4.69, 9.17) is 9.79 Å². The smallest absolute Gasteiger partial charge is 1.00 e. The molecule has 2 N–H and O–H groups in total. The first kappa shape index (κ1) is 23.4. The van der Waals surface area contributed by atoms with Gasteiger partial charge in [0.05, 0.1) is 0 Å². The molecule has 0 aromatic rings. The molecule has 0 heterocycles. The molecular weight excluding hydrogens is 203 g/mol. The summed E-state index contributed by atoms with van der Waals surface area (Å²) in [6.07, 6.45) is 0.574. The minimum absolute atomic E-state index is 0. The van der Waals surface area contributed by atoms with Gasteiger partial charge in [0, 0.05) is 8.27 Å². The largest absolute Gasteiger partial charge is 1.00 e. The fraction of sp³-hybridized carbons (Fsp3) is 1.00. The molecule has 0 bridgehead atoms. The van der Waals surface area contributed by atoms with Gasteiger partial charge < -0.3 is 14.1 Å². The molecule has 50 valence electrons. The molecule has 0 saturated heterocycles. The molecule has 0 saturated carbocycles. The van der Waals surface area contributed by atoms with Crippen LogP contribution in [0.25, 0.3) is 0 Å². The summed E-state index contributed by atoms with van der Waals surface area (Å²) in [6, 6.07) is 0. The Labute approximate surface area is 134 Å². The van der Waals surface area contributed by atoms with Gasteiger partial charge in [0.1, 0.15) is 0 Å². The Morgan fingerprint density at radius 1 is 1.40 bits per heavy atom. The van der Waals surface area contributed by atoms with Gasteiger partial charge in [-0.25, -0.2) is 0 Å². The maximum Gasteiger partial charge on any atom is 1.00 e. The van der Waals surface area contributed by atoms with Crippen molar-refractivity contribution in [3.05, 3.63) is 0 Å². The second-order valence-electron chi connectivity index (χ2n) is 1.06. The van der Waals surface area contributed by atoms with Crippen LogP contribution in [0.1, 0.15) is 11.2 Å². The number of hydrogen-bond donors (Lipinski definition) is 2. The normalized spacial score (nSPS) is 9.50. The molecule has 0 aliphatic rings. The van der Waals surface area contributed by atoms with E-state index in [1.165, 1.54) is 0 Å². The minimum Gasteiger partial charge on any atom is -1.00 e. The van der Waals surface area contributed by atoms with Crippen molar-refractivity contribution in [2.24, 2.45) is 0 Å². The summed E-state index contributed by atoms with van der Waals surface area (Å²) >= 11 is 0. The summed E-state index contributed by atoms with van der Waals surface area (Å²) in [5.41, 5.74) is 0. The van der Waals surface area contributed by atoms with Gasteiger partial charge in [-0.2, -0.15) is 0 Å². The Kier molecular flexibility index (Phi) is 29.5. The average Bonchev–Trinajstić information content (AvgIpc) is 1.30. The fourth-order valence-corrected chi connectivity index (χ4v) is 1.85. The van der Waals surface area contributed by atoms with E-state index in [0.717, 1.165) is 0 Å². The van der Waals surface area contributed by atoms with Crippen LogP contribution in [-0.4, -0.2) is 15.9 Å². The van der Waals surface area contributed by atoms with Crippen LogP contribution in [0, 0.1) is 0 Å². The summed E-state index contributed by atoms with van der Waals surface area (Å²) in [5, 5.41) is 0. The minimum atomic E-state index is -3.64. The van der Waals surface area contributed by atoms with E-state index < -0.39 is 7.28 Å². The first-order valence-corrected chi connectivity index (χ1v) is 5.53. The molecule has 0 fully saturated rings. The average molecular weight is 214 g/mol. The molecule has 0 radical (unpaired) electrons. The summed E-state index contributed by atoms with van der Waals surface area (Å²) in [6.45, 7) is 1.75. The Morgan fingerprint density at radius 2 is 1.70 bits per heavy atom. The van der Waals surface area contributed by atoms with Crippen molar-refractivity contribution in [3.8, 4) is 0 Å². The van der Waals surface area contributed by atoms with Gasteiger partial charge in [0.2, 0.25) is 0 Å². The first-order valence-electron chi connectivity index (χ1n) is 1.87. The number of rotatable bonds is 2. The van der Waals surface area contributed by atoms with Crippen molar-refractivity contribution in [1.82, 2.24) is 0 Å². The van der Waals surface area contributed by atoms with E-state index in [0.29, 0.717) is 6.16 Å². The Morgan fingerprint density at radius 3 is 1.70 bits per heavy atom. The molecule has 0 amide bonds. The van der Waals surface area contributed by atoms with Gasteiger partial charge in [0.15, 0.2) is 0 Å². The summed E-state index contributed by atoms with van der Waals surface area (Å²) in [7, 11) is -3.85. The molecule has 0 aromatic heterocycles. The second kappa shape index (κ2) is 12.6. The van der Waals surface area contributed by atoms with Gasteiger partial charge in [-0.15, -0.1) is 0 Å². The van der Waals surface area contributed by atoms with E-state index in [9.17, 15) is 4.57 Å². The van der Waals surface area contributed by atoms with Gasteiger partial charge in [-0.1, -0.05) is 6.92 Å². The Hall–Kier alpha value is 3.58. The SMILES string of the molecule is CCPP(=O)(O)O.[H-].[H-].[H-].[Na+].[Na+].[Na+]. The third kappa shape index (κ3) is 22.6. The topological polar surface area (TPSA) is 57.5 Å². The van der Waals surface area contributed by atoms with Crippen molar-refractivity contribution in [2.75, 3.05) is 6.16 Å². The standard InChI is InChI=1S/C2H8O3P2.3Na.3H/c1-2-6-7(3,4)5;;;;;;/h6H,2H2,1H3,(H2,3,4,5);;;;;;/q;3*+1;3*-1. The Bertz CT molecular complexity index is 104. The predicted octanol–water partition coefficient (Wildman–Crippen LogP) is -7.87. The molecular formula is C2H11Na3O3P2. The van der Waals surface area contributed by atoms with Crippen molar-refractivity contribution in [3.63, 3.8) is 0 Å². The summed E-state index contributed by atoms with van der Waals surface area (Å²) < 4.78 is 9.94. The Balaban J connectivity index is -0.0000000120. The van der Waals surface area contributed by atoms with E-state index >= 15 is 0 Å². The molecule has 3 nitrogen and oxygen atoms in total. The van der Waals surface area contributed by atoms with E-state index in [-0.39, 0.29) is 101 Å². The van der Waals surface area contributed by atoms with Crippen molar-refractivity contribution in [1.29, 1.82) is 0 Å². The third-order valence-corrected chi connectivity index (χ3v) is 3.28. The first-order chi connectivity index (χ1) is 3.06. The van der Waals surface area contributed by atoms with Crippen molar-refractivity contribution in [2.45, 2.75) is 6.92 Å². The van der Waals surface area contributed by atoms with Crippen molar-refractivity contribution < 1.29 is 107 Å². The van der Waals surface area contributed by atoms with E-state index in [1.807, 2.05) is 0 Å². The fourth-order valence-electron chi connectivity index (χ4n) is 0.206. The van der Waals surface area contributed by atoms with Gasteiger partial charge in [-0.3, -0.25) is 4.57 Å². The van der Waals surface area contributed by atoms with Gasteiger partial charge in [-0.05, 0) is 6.16 Å². The van der Waals surface area contributed by atoms with Crippen LogP contribution < -0.4 is 88.7 Å². The van der Waals surface area contributed by atoms with Crippen LogP contribution in [-0.2, 0) is 4.57 Å². The monoisotopic (exact) mass is 214 g/mol. The molecule has 0 aliphatic heterocycles. The van der Waals surface area contributed by atoms with E-state index in [2.05, 4.69) is 0 Å². The maximum absolute atomic E-state index is 9.94. The zero-order chi connectivity index (χ0) is 5.91. The van der Waals surface area contributed by atoms with Crippen LogP contribution in [0.4, 0.5) is 0 Å². The molecule has 1 unspecified atom stereocenters. The molecule has 1 atom stereocenters. The van der Waals surface area contributed by atoms with E-state index in [1.54, 1.807) is 6.92 Å². The van der Waals surface area contributed by atoms with Crippen LogP contribution >= 0.6 is 15.6 Å². The zero-order valence-electron chi connectivity index (χ0n) is 9.96. The van der Waals surface area contributed by atoms with Gasteiger partial charge >= 0.3 is 96.0 Å². The molecule has 10 heavy (non-hydrogen) atoms. The summed E-state index contributed by atoms with van der Waals surface area (Å²) in [5.74, 6) is 0.